The van der Waals surface area contributed by atoms with E-state index < -0.39 is 0 Å². The average molecular weight is 362 g/mol. The molecule has 5 heteroatoms. The summed E-state index contributed by atoms with van der Waals surface area (Å²) in [6, 6.07) is 13.0. The summed E-state index contributed by atoms with van der Waals surface area (Å²) < 4.78 is 6.27. The third-order valence-electron chi connectivity index (χ3n) is 3.05. The second-order valence-corrected chi connectivity index (χ2v) is 5.56. The van der Waals surface area contributed by atoms with Gasteiger partial charge in [-0.25, -0.2) is 0 Å². The molecule has 4 nitrogen and oxygen atoms in total. The highest BCUT2D eigenvalue weighted by molar-refractivity contribution is 9.10. The summed E-state index contributed by atoms with van der Waals surface area (Å²) >= 11 is 3.37. The maximum Gasteiger partial charge on any atom is 0.159 e. The van der Waals surface area contributed by atoms with Crippen LogP contribution in [0.5, 0.6) is 5.75 Å². The lowest BCUT2D eigenvalue weighted by Crippen LogP contribution is -1.98. The Kier molecular flexibility index (Phi) is 5.72. The first-order valence-corrected chi connectivity index (χ1v) is 7.48. The molecule has 0 aliphatic heterocycles. The lowest BCUT2D eigenvalue weighted by Gasteiger charge is -2.08. The Morgan fingerprint density at radius 1 is 1.23 bits per heavy atom. The van der Waals surface area contributed by atoms with Crippen LogP contribution in [-0.2, 0) is 11.4 Å². The van der Waals surface area contributed by atoms with Crippen LogP contribution >= 0.6 is 15.9 Å². The summed E-state index contributed by atoms with van der Waals surface area (Å²) in [7, 11) is 1.58. The van der Waals surface area contributed by atoms with Gasteiger partial charge in [0.2, 0.25) is 0 Å². The number of ketones is 1. The number of carbonyl (C=O) groups excluding carboxylic acids is 1. The third kappa shape index (κ3) is 4.43. The summed E-state index contributed by atoms with van der Waals surface area (Å²) in [4.78, 5) is 16.7. The SMILES string of the molecule is COc1ccc(C(C)=O)cc1CO/N=C\c1ccc(Br)cc1. The maximum absolute atomic E-state index is 11.4. The van der Waals surface area contributed by atoms with E-state index in [0.717, 1.165) is 15.6 Å². The molecule has 2 aromatic rings. The minimum Gasteiger partial charge on any atom is -0.496 e. The van der Waals surface area contributed by atoms with Crippen molar-refractivity contribution < 1.29 is 14.4 Å². The first-order valence-electron chi connectivity index (χ1n) is 6.69. The maximum atomic E-state index is 11.4. The Morgan fingerprint density at radius 2 is 1.95 bits per heavy atom. The molecular formula is C17H16BrNO3. The molecule has 114 valence electrons. The predicted molar refractivity (Wildman–Crippen MR) is 89.5 cm³/mol. The Morgan fingerprint density at radius 3 is 2.59 bits per heavy atom. The summed E-state index contributed by atoms with van der Waals surface area (Å²) in [5, 5.41) is 3.94. The number of hydrogen-bond donors (Lipinski definition) is 0. The predicted octanol–water partition coefficient (Wildman–Crippen LogP) is 4.21. The topological polar surface area (TPSA) is 47.9 Å². The van der Waals surface area contributed by atoms with Crippen molar-refractivity contribution in [3.63, 3.8) is 0 Å². The number of Topliss-reactive ketones (excluding diaryl/α,β-unsaturated/α-hetero) is 1. The molecule has 0 saturated heterocycles. The molecule has 0 bridgehead atoms. The van der Waals surface area contributed by atoms with Gasteiger partial charge >= 0.3 is 0 Å². The molecule has 0 amide bonds. The van der Waals surface area contributed by atoms with Gasteiger partial charge in [-0.05, 0) is 42.8 Å². The summed E-state index contributed by atoms with van der Waals surface area (Å²) in [6.45, 7) is 1.76. The molecule has 0 fully saturated rings. The zero-order valence-electron chi connectivity index (χ0n) is 12.4. The number of halogens is 1. The van der Waals surface area contributed by atoms with Crippen molar-refractivity contribution in [2.24, 2.45) is 5.16 Å². The second kappa shape index (κ2) is 7.75. The largest absolute Gasteiger partial charge is 0.496 e. The molecule has 0 N–H and O–H groups in total. The van der Waals surface area contributed by atoms with Crippen LogP contribution in [0.25, 0.3) is 0 Å². The fourth-order valence-corrected chi connectivity index (χ4v) is 2.13. The lowest BCUT2D eigenvalue weighted by atomic mass is 10.1. The number of nitrogens with zero attached hydrogens (tertiary/aromatic N) is 1. The van der Waals surface area contributed by atoms with Crippen molar-refractivity contribution in [2.45, 2.75) is 13.5 Å². The normalized spacial score (nSPS) is 10.7. The van der Waals surface area contributed by atoms with Gasteiger partial charge in [0.15, 0.2) is 5.78 Å². The number of benzene rings is 2. The van der Waals surface area contributed by atoms with Crippen LogP contribution in [0.2, 0.25) is 0 Å². The molecule has 0 radical (unpaired) electrons. The molecular weight excluding hydrogens is 346 g/mol. The minimum absolute atomic E-state index is 0.00210. The van der Waals surface area contributed by atoms with Crippen LogP contribution in [0.4, 0.5) is 0 Å². The van der Waals surface area contributed by atoms with Gasteiger partial charge in [-0.2, -0.15) is 0 Å². The molecule has 2 rings (SSSR count). The number of methoxy groups -OCH3 is 1. The quantitative estimate of drug-likeness (QED) is 0.439. The van der Waals surface area contributed by atoms with Gasteiger partial charge in [-0.3, -0.25) is 4.79 Å². The van der Waals surface area contributed by atoms with Gasteiger partial charge in [-0.1, -0.05) is 33.2 Å². The van der Waals surface area contributed by atoms with Crippen LogP contribution in [-0.4, -0.2) is 19.1 Å². The monoisotopic (exact) mass is 361 g/mol. The van der Waals surface area contributed by atoms with Crippen LogP contribution in [0, 0.1) is 0 Å². The zero-order chi connectivity index (χ0) is 15.9. The second-order valence-electron chi connectivity index (χ2n) is 4.64. The molecule has 0 spiro atoms. The summed E-state index contributed by atoms with van der Waals surface area (Å²) in [5.74, 6) is 0.672. The third-order valence-corrected chi connectivity index (χ3v) is 3.58. The minimum atomic E-state index is 0.00210. The molecule has 2 aromatic carbocycles. The van der Waals surface area contributed by atoms with Gasteiger partial charge in [0.1, 0.15) is 12.4 Å². The van der Waals surface area contributed by atoms with Gasteiger partial charge in [0, 0.05) is 15.6 Å². The van der Waals surface area contributed by atoms with Crippen molar-refractivity contribution in [3.8, 4) is 5.75 Å². The Hall–Kier alpha value is -2.14. The molecule has 0 heterocycles. The first kappa shape index (κ1) is 16.2. The molecule has 0 aliphatic rings. The molecule has 0 atom stereocenters. The molecule has 0 aromatic heterocycles. The van der Waals surface area contributed by atoms with Crippen LogP contribution < -0.4 is 4.74 Å². The van der Waals surface area contributed by atoms with Crippen molar-refractivity contribution in [3.05, 3.63) is 63.6 Å². The van der Waals surface area contributed by atoms with Crippen LogP contribution in [0.1, 0.15) is 28.4 Å². The van der Waals surface area contributed by atoms with Gasteiger partial charge in [0.05, 0.1) is 13.3 Å². The number of oxime groups is 1. The van der Waals surface area contributed by atoms with E-state index in [4.69, 9.17) is 9.57 Å². The molecule has 0 aliphatic carbocycles. The Balaban J connectivity index is 2.02. The van der Waals surface area contributed by atoms with E-state index in [9.17, 15) is 4.79 Å². The number of ether oxygens (including phenoxy) is 1. The van der Waals surface area contributed by atoms with E-state index in [0.29, 0.717) is 11.3 Å². The lowest BCUT2D eigenvalue weighted by molar-refractivity contribution is 0.101. The highest BCUT2D eigenvalue weighted by Gasteiger charge is 2.07. The zero-order valence-corrected chi connectivity index (χ0v) is 14.0. The summed E-state index contributed by atoms with van der Waals surface area (Å²) in [5.41, 5.74) is 2.34. The van der Waals surface area contributed by atoms with Crippen molar-refractivity contribution in [1.82, 2.24) is 0 Å². The van der Waals surface area contributed by atoms with Crippen molar-refractivity contribution in [1.29, 1.82) is 0 Å². The van der Waals surface area contributed by atoms with E-state index in [-0.39, 0.29) is 12.4 Å². The highest BCUT2D eigenvalue weighted by atomic mass is 79.9. The van der Waals surface area contributed by atoms with Crippen molar-refractivity contribution >= 4 is 27.9 Å². The average Bonchev–Trinajstić information content (AvgIpc) is 2.53. The fourth-order valence-electron chi connectivity index (χ4n) is 1.86. The Labute approximate surface area is 137 Å². The van der Waals surface area contributed by atoms with Gasteiger partial charge < -0.3 is 9.57 Å². The standard InChI is InChI=1S/C17H16BrNO3/c1-12(20)14-5-8-17(21-2)15(9-14)11-22-19-10-13-3-6-16(18)7-4-13/h3-10H,11H2,1-2H3/b19-10-. The van der Waals surface area contributed by atoms with E-state index in [1.54, 1.807) is 31.5 Å². The van der Waals surface area contributed by atoms with Gasteiger partial charge in [0.25, 0.3) is 0 Å². The fraction of sp³-hybridized carbons (Fsp3) is 0.176. The Bertz CT molecular complexity index is 681. The van der Waals surface area contributed by atoms with Gasteiger partial charge in [-0.15, -0.1) is 0 Å². The number of hydrogen-bond acceptors (Lipinski definition) is 4. The summed E-state index contributed by atoms with van der Waals surface area (Å²) in [6.07, 6.45) is 1.63. The molecule has 22 heavy (non-hydrogen) atoms. The highest BCUT2D eigenvalue weighted by Crippen LogP contribution is 2.21. The van der Waals surface area contributed by atoms with E-state index >= 15 is 0 Å². The van der Waals surface area contributed by atoms with E-state index in [2.05, 4.69) is 21.1 Å². The molecule has 0 saturated carbocycles. The van der Waals surface area contributed by atoms with E-state index in [1.165, 1.54) is 6.92 Å². The van der Waals surface area contributed by atoms with Crippen molar-refractivity contribution in [2.75, 3.05) is 7.11 Å². The van der Waals surface area contributed by atoms with Crippen LogP contribution in [0.15, 0.2) is 52.1 Å². The van der Waals surface area contributed by atoms with E-state index in [1.807, 2.05) is 24.3 Å². The number of carbonyl (C=O) groups is 1. The molecule has 0 unspecified atom stereocenters. The smallest absolute Gasteiger partial charge is 0.159 e. The number of rotatable bonds is 6. The first-order chi connectivity index (χ1) is 10.6. The van der Waals surface area contributed by atoms with Crippen LogP contribution in [0.3, 0.4) is 0 Å².